The normalized spacial score (nSPS) is 22.1. The van der Waals surface area contributed by atoms with Crippen LogP contribution in [0.2, 0.25) is 0 Å². The number of carbonyl (C=O) groups is 2. The lowest BCUT2D eigenvalue weighted by Crippen LogP contribution is -2.55. The zero-order valence-electron chi connectivity index (χ0n) is 21.1. The quantitative estimate of drug-likeness (QED) is 0.505. The Hall–Kier alpha value is -3.44. The molecule has 0 aliphatic carbocycles. The lowest BCUT2D eigenvalue weighted by molar-refractivity contribution is -0.149. The average molecular weight is 541 g/mol. The fourth-order valence-corrected chi connectivity index (χ4v) is 4.94. The van der Waals surface area contributed by atoms with Crippen LogP contribution in [0.5, 0.6) is 5.75 Å². The molecule has 2 aliphatic rings. The zero-order valence-corrected chi connectivity index (χ0v) is 21.1. The maximum absolute atomic E-state index is 14.0. The van der Waals surface area contributed by atoms with E-state index >= 15 is 0 Å². The zero-order chi connectivity index (χ0) is 27.8. The van der Waals surface area contributed by atoms with Crippen LogP contribution in [0.25, 0.3) is 0 Å². The van der Waals surface area contributed by atoms with Gasteiger partial charge in [-0.25, -0.2) is 13.8 Å². The van der Waals surface area contributed by atoms with Crippen LogP contribution in [0.4, 0.5) is 27.8 Å². The van der Waals surface area contributed by atoms with Gasteiger partial charge in [-0.3, -0.25) is 9.59 Å². The van der Waals surface area contributed by atoms with E-state index in [0.29, 0.717) is 24.7 Å². The molecule has 1 aromatic carbocycles. The lowest BCUT2D eigenvalue weighted by Gasteiger charge is -2.40. The van der Waals surface area contributed by atoms with E-state index in [1.165, 1.54) is 26.1 Å². The van der Waals surface area contributed by atoms with Gasteiger partial charge in [0.05, 0.1) is 5.56 Å². The number of nitrogens with zero attached hydrogens (tertiary/aromatic N) is 2. The number of amides is 2. The molecule has 2 fully saturated rings. The number of halogens is 5. The third-order valence-corrected chi connectivity index (χ3v) is 6.99. The minimum atomic E-state index is -4.54. The van der Waals surface area contributed by atoms with Crippen molar-refractivity contribution in [2.75, 3.05) is 4.90 Å². The van der Waals surface area contributed by atoms with Gasteiger partial charge in [-0.1, -0.05) is 0 Å². The molecular weight excluding hydrogens is 511 g/mol. The molecular formula is C26H29F5N4O3. The first-order valence-electron chi connectivity index (χ1n) is 12.3. The monoisotopic (exact) mass is 540 g/mol. The number of fused-ring (bicyclic) bond motifs is 2. The van der Waals surface area contributed by atoms with Crippen LogP contribution in [-0.4, -0.2) is 52.7 Å². The number of hydrogen-bond acceptors (Lipinski definition) is 5. The number of carbonyl (C=O) groups excluding carboxylic acids is 2. The Kier molecular flexibility index (Phi) is 7.53. The van der Waals surface area contributed by atoms with Gasteiger partial charge < -0.3 is 20.3 Å². The van der Waals surface area contributed by atoms with Gasteiger partial charge in [0.25, 0.3) is 11.8 Å². The van der Waals surface area contributed by atoms with Crippen molar-refractivity contribution in [1.82, 2.24) is 15.6 Å². The minimum absolute atomic E-state index is 0.0270. The summed E-state index contributed by atoms with van der Waals surface area (Å²) in [7, 11) is 0. The number of pyridine rings is 1. The van der Waals surface area contributed by atoms with Gasteiger partial charge in [-0.2, -0.15) is 13.2 Å². The van der Waals surface area contributed by atoms with E-state index in [0.717, 1.165) is 31.9 Å². The summed E-state index contributed by atoms with van der Waals surface area (Å²) in [5.74, 6) is -2.55. The molecule has 0 saturated carbocycles. The van der Waals surface area contributed by atoms with Crippen LogP contribution in [-0.2, 0) is 4.79 Å². The maximum Gasteiger partial charge on any atom is 0.408 e. The first-order valence-corrected chi connectivity index (χ1v) is 12.3. The topological polar surface area (TPSA) is 83.6 Å². The van der Waals surface area contributed by atoms with Crippen LogP contribution >= 0.6 is 0 Å². The summed E-state index contributed by atoms with van der Waals surface area (Å²) in [6.07, 6.45) is -0.308. The molecule has 2 bridgehead atoms. The number of ether oxygens (including phenoxy) is 1. The Morgan fingerprint density at radius 2 is 1.74 bits per heavy atom. The van der Waals surface area contributed by atoms with E-state index in [-0.39, 0.29) is 29.4 Å². The highest BCUT2D eigenvalue weighted by atomic mass is 19.4. The van der Waals surface area contributed by atoms with E-state index in [4.69, 9.17) is 4.74 Å². The van der Waals surface area contributed by atoms with Gasteiger partial charge in [0.15, 0.2) is 17.2 Å². The van der Waals surface area contributed by atoms with Crippen LogP contribution < -0.4 is 20.3 Å². The Morgan fingerprint density at radius 1 is 1.08 bits per heavy atom. The molecule has 38 heavy (non-hydrogen) atoms. The molecule has 2 amide bonds. The molecule has 2 aromatic rings. The highest BCUT2D eigenvalue weighted by molar-refractivity contribution is 5.94. The molecule has 4 atom stereocenters. The molecule has 7 nitrogen and oxygen atoms in total. The molecule has 2 N–H and O–H groups in total. The average Bonchev–Trinajstić information content (AvgIpc) is 3.10. The Bertz CT molecular complexity index is 1170. The Balaban J connectivity index is 1.36. The number of benzene rings is 1. The SMILES string of the molecule is C[C@H](NC(=O)c1ccc(N2[C@@H]3CC[C@H]2CC(NC(=O)C(C)(C)Oc2ccc(F)cc2F)C3)nc1)C(F)(F)F. The van der Waals surface area contributed by atoms with E-state index in [2.05, 4.69) is 15.2 Å². The van der Waals surface area contributed by atoms with Crippen LogP contribution in [0, 0.1) is 11.6 Å². The van der Waals surface area contributed by atoms with Crippen LogP contribution in [0.1, 0.15) is 56.8 Å². The predicted octanol–water partition coefficient (Wildman–Crippen LogP) is 4.51. The molecule has 206 valence electrons. The van der Waals surface area contributed by atoms with Crippen molar-refractivity contribution in [3.8, 4) is 5.75 Å². The smallest absolute Gasteiger partial charge is 0.408 e. The van der Waals surface area contributed by atoms with Crippen molar-refractivity contribution in [3.63, 3.8) is 0 Å². The first-order chi connectivity index (χ1) is 17.7. The number of nitrogens with one attached hydrogen (secondary N) is 2. The van der Waals surface area contributed by atoms with Gasteiger partial charge in [-0.05, 0) is 70.7 Å². The second kappa shape index (κ2) is 10.4. The van der Waals surface area contributed by atoms with Crippen molar-refractivity contribution < 1.29 is 36.3 Å². The highest BCUT2D eigenvalue weighted by Crippen LogP contribution is 2.39. The van der Waals surface area contributed by atoms with Crippen molar-refractivity contribution in [1.29, 1.82) is 0 Å². The first kappa shape index (κ1) is 27.6. The minimum Gasteiger partial charge on any atom is -0.475 e. The largest absolute Gasteiger partial charge is 0.475 e. The summed E-state index contributed by atoms with van der Waals surface area (Å²) in [5.41, 5.74) is -1.38. The van der Waals surface area contributed by atoms with E-state index in [9.17, 15) is 31.5 Å². The summed E-state index contributed by atoms with van der Waals surface area (Å²) in [6.45, 7) is 3.88. The van der Waals surface area contributed by atoms with E-state index in [1.54, 1.807) is 6.07 Å². The van der Waals surface area contributed by atoms with Gasteiger partial charge in [0, 0.05) is 30.4 Å². The number of aromatic nitrogens is 1. The fraction of sp³-hybridized carbons (Fsp3) is 0.500. The summed E-state index contributed by atoms with van der Waals surface area (Å²) in [5, 5.41) is 4.90. The highest BCUT2D eigenvalue weighted by Gasteiger charge is 2.43. The molecule has 12 heteroatoms. The standard InChI is InChI=1S/C26H29F5N4O3/c1-14(26(29,30)31)33-23(36)15-4-9-22(32-13-15)35-18-6-7-19(35)12-17(11-18)34-24(37)25(2,3)38-21-8-5-16(27)10-20(21)28/h4-5,8-10,13-14,17-19H,6-7,11-12H2,1-3H3,(H,33,36)(H,34,37)/t14-,17?,18-,19+/m0/s1. The number of hydrogen-bond donors (Lipinski definition) is 2. The molecule has 2 aliphatic heterocycles. The van der Waals surface area contributed by atoms with Crippen molar-refractivity contribution in [2.24, 2.45) is 0 Å². The molecule has 0 spiro atoms. The van der Waals surface area contributed by atoms with Crippen LogP contribution in [0.3, 0.4) is 0 Å². The van der Waals surface area contributed by atoms with Crippen molar-refractivity contribution >= 4 is 17.6 Å². The van der Waals surface area contributed by atoms with E-state index in [1.807, 2.05) is 5.32 Å². The van der Waals surface area contributed by atoms with Crippen LogP contribution in [0.15, 0.2) is 36.5 Å². The van der Waals surface area contributed by atoms with E-state index < -0.39 is 41.3 Å². The summed E-state index contributed by atoms with van der Waals surface area (Å²) < 4.78 is 70.9. The summed E-state index contributed by atoms with van der Waals surface area (Å²) >= 11 is 0. The second-order valence-corrected chi connectivity index (χ2v) is 10.3. The molecule has 1 aromatic heterocycles. The summed E-state index contributed by atoms with van der Waals surface area (Å²) in [6, 6.07) is 3.93. The molecule has 0 radical (unpaired) electrons. The number of rotatable bonds is 7. The third-order valence-electron chi connectivity index (χ3n) is 6.99. The maximum atomic E-state index is 14.0. The second-order valence-electron chi connectivity index (χ2n) is 10.3. The van der Waals surface area contributed by atoms with Gasteiger partial charge in [0.1, 0.15) is 17.7 Å². The fourth-order valence-electron chi connectivity index (χ4n) is 4.94. The predicted molar refractivity (Wildman–Crippen MR) is 129 cm³/mol. The lowest BCUT2D eigenvalue weighted by atomic mass is 9.96. The van der Waals surface area contributed by atoms with Crippen molar-refractivity contribution in [3.05, 3.63) is 53.7 Å². The number of anilines is 1. The summed E-state index contributed by atoms with van der Waals surface area (Å²) in [4.78, 5) is 31.6. The van der Waals surface area contributed by atoms with Gasteiger partial charge >= 0.3 is 6.18 Å². The Morgan fingerprint density at radius 3 is 2.29 bits per heavy atom. The number of piperidine rings is 1. The Labute approximate surface area is 216 Å². The van der Waals surface area contributed by atoms with Gasteiger partial charge in [0.2, 0.25) is 0 Å². The third kappa shape index (κ3) is 5.99. The van der Waals surface area contributed by atoms with Crippen molar-refractivity contribution in [2.45, 2.75) is 82.4 Å². The number of alkyl halides is 3. The molecule has 3 heterocycles. The molecule has 1 unspecified atom stereocenters. The molecule has 4 rings (SSSR count). The molecule has 2 saturated heterocycles. The van der Waals surface area contributed by atoms with Gasteiger partial charge in [-0.15, -0.1) is 0 Å².